The van der Waals surface area contributed by atoms with Gasteiger partial charge in [0.25, 0.3) is 11.8 Å². The van der Waals surface area contributed by atoms with Crippen LogP contribution in [0.4, 0.5) is 0 Å². The molecular weight excluding hydrogens is 484 g/mol. The molecule has 0 aromatic heterocycles. The first kappa shape index (κ1) is 24.9. The van der Waals surface area contributed by atoms with Gasteiger partial charge in [0.05, 0.1) is 4.91 Å². The zero-order valence-corrected chi connectivity index (χ0v) is 20.9. The summed E-state index contributed by atoms with van der Waals surface area (Å²) in [5.41, 5.74) is 3.42. The lowest BCUT2D eigenvalue weighted by Gasteiger charge is -2.29. The van der Waals surface area contributed by atoms with Gasteiger partial charge in [-0.3, -0.25) is 24.1 Å². The Hall–Kier alpha value is -3.16. The molecule has 1 N–H and O–H groups in total. The number of allylic oxidation sites excluding steroid dienone is 1. The largest absolute Gasteiger partial charge is 0.329 e. The molecule has 35 heavy (non-hydrogen) atoms. The zero-order chi connectivity index (χ0) is 25.1. The number of hydrogen-bond acceptors (Lipinski definition) is 5. The van der Waals surface area contributed by atoms with Crippen LogP contribution in [0.3, 0.4) is 0 Å². The van der Waals surface area contributed by atoms with E-state index in [1.165, 1.54) is 17.8 Å². The van der Waals surface area contributed by atoms with Gasteiger partial charge in [-0.05, 0) is 61.1 Å². The maximum atomic E-state index is 12.9. The molecule has 2 aliphatic heterocycles. The number of carbonyl (C=O) groups is 4. The van der Waals surface area contributed by atoms with Crippen LogP contribution in [0.15, 0.2) is 70.6 Å². The van der Waals surface area contributed by atoms with Crippen LogP contribution in [0.1, 0.15) is 36.0 Å². The van der Waals surface area contributed by atoms with Gasteiger partial charge in [-0.15, -0.1) is 0 Å². The van der Waals surface area contributed by atoms with E-state index in [1.807, 2.05) is 49.4 Å². The summed E-state index contributed by atoms with van der Waals surface area (Å²) >= 11 is 7.34. The molecule has 2 aromatic rings. The monoisotopic (exact) mass is 508 g/mol. The maximum absolute atomic E-state index is 12.9. The second-order valence-corrected chi connectivity index (χ2v) is 10.2. The Morgan fingerprint density at radius 1 is 1.17 bits per heavy atom. The second kappa shape index (κ2) is 10.6. The third kappa shape index (κ3) is 5.92. The van der Waals surface area contributed by atoms with Gasteiger partial charge in [0.1, 0.15) is 11.8 Å². The molecule has 180 valence electrons. The Morgan fingerprint density at radius 2 is 1.97 bits per heavy atom. The van der Waals surface area contributed by atoms with Gasteiger partial charge in [0.15, 0.2) is 0 Å². The number of imide groups is 1. The van der Waals surface area contributed by atoms with Crippen molar-refractivity contribution >= 4 is 46.9 Å². The molecule has 0 aliphatic carbocycles. The highest BCUT2D eigenvalue weighted by Crippen LogP contribution is 2.34. The second-order valence-electron chi connectivity index (χ2n) is 8.72. The Morgan fingerprint density at radius 3 is 2.71 bits per heavy atom. The van der Waals surface area contributed by atoms with Crippen molar-refractivity contribution in [2.75, 3.05) is 0 Å². The first-order valence-electron chi connectivity index (χ1n) is 11.3. The quantitative estimate of drug-likeness (QED) is 0.530. The van der Waals surface area contributed by atoms with E-state index in [4.69, 9.17) is 11.6 Å². The number of halogens is 1. The first-order chi connectivity index (χ1) is 16.7. The van der Waals surface area contributed by atoms with Crippen molar-refractivity contribution in [3.63, 3.8) is 0 Å². The van der Waals surface area contributed by atoms with Crippen LogP contribution in [0.25, 0.3) is 0 Å². The van der Waals surface area contributed by atoms with Crippen molar-refractivity contribution in [3.05, 3.63) is 87.4 Å². The summed E-state index contributed by atoms with van der Waals surface area (Å²) in [7, 11) is 0. The van der Waals surface area contributed by atoms with E-state index in [9.17, 15) is 19.2 Å². The molecule has 1 unspecified atom stereocenters. The Kier molecular flexibility index (Phi) is 7.57. The summed E-state index contributed by atoms with van der Waals surface area (Å²) in [5, 5.41) is 3.27. The number of benzene rings is 2. The normalized spacial score (nSPS) is 18.1. The lowest BCUT2D eigenvalue weighted by atomic mass is 10.0. The average molecular weight is 509 g/mol. The van der Waals surface area contributed by atoms with Crippen LogP contribution in [-0.2, 0) is 32.0 Å². The highest BCUT2D eigenvalue weighted by atomic mass is 35.5. The number of ketones is 1. The molecule has 8 heteroatoms. The Bertz CT molecular complexity index is 1270. The summed E-state index contributed by atoms with van der Waals surface area (Å²) in [4.78, 5) is 52.3. The number of aryl methyl sites for hydroxylation is 2. The molecule has 4 rings (SSSR count). The number of carbonyl (C=O) groups excluding carboxylic acids is 4. The molecule has 0 saturated carbocycles. The fourth-order valence-corrected chi connectivity index (χ4v) is 5.24. The fraction of sp³-hybridized carbons (Fsp3) is 0.259. The predicted octanol–water partition coefficient (Wildman–Crippen LogP) is 4.53. The zero-order valence-electron chi connectivity index (χ0n) is 19.3. The van der Waals surface area contributed by atoms with Gasteiger partial charge in [0.2, 0.25) is 5.91 Å². The van der Waals surface area contributed by atoms with Crippen molar-refractivity contribution in [1.29, 1.82) is 0 Å². The Balaban J connectivity index is 1.35. The molecule has 2 aromatic carbocycles. The van der Waals surface area contributed by atoms with Gasteiger partial charge in [0, 0.05) is 34.5 Å². The van der Waals surface area contributed by atoms with E-state index in [0.717, 1.165) is 26.5 Å². The molecule has 1 fully saturated rings. The van der Waals surface area contributed by atoms with Crippen LogP contribution in [0.5, 0.6) is 0 Å². The minimum atomic E-state index is -0.824. The van der Waals surface area contributed by atoms with Gasteiger partial charge in [-0.25, -0.2) is 0 Å². The molecule has 3 amide bonds. The summed E-state index contributed by atoms with van der Waals surface area (Å²) in [6.45, 7) is 5.65. The highest BCUT2D eigenvalue weighted by molar-refractivity contribution is 8.04. The van der Waals surface area contributed by atoms with Gasteiger partial charge < -0.3 is 5.32 Å². The number of thioether (sulfide) groups is 1. The number of nitrogens with zero attached hydrogens (tertiary/aromatic N) is 1. The highest BCUT2D eigenvalue weighted by Gasteiger charge is 2.41. The maximum Gasteiger partial charge on any atom is 0.268 e. The number of piperidine rings is 1. The molecule has 2 heterocycles. The topological polar surface area (TPSA) is 83.6 Å². The van der Waals surface area contributed by atoms with E-state index in [1.54, 1.807) is 0 Å². The van der Waals surface area contributed by atoms with Crippen LogP contribution in [0, 0.1) is 6.92 Å². The molecule has 2 aliphatic rings. The fourth-order valence-electron chi connectivity index (χ4n) is 4.08. The molecule has 1 saturated heterocycles. The molecule has 0 spiro atoms. The van der Waals surface area contributed by atoms with Gasteiger partial charge >= 0.3 is 0 Å². The standard InChI is InChI=1S/C27H25ClN2O4S/c1-16-6-8-19(14-22(16)28)12-20(31)10-9-18-4-3-5-21(13-18)35-24-15-25(32)30(27(24)34)23-11-7-17(2)29-26(23)33/h3-6,8,13-15,23H,2,7,9-12H2,1H3,(H,29,33). The predicted molar refractivity (Wildman–Crippen MR) is 136 cm³/mol. The third-order valence-corrected chi connectivity index (χ3v) is 7.42. The molecule has 0 bridgehead atoms. The van der Waals surface area contributed by atoms with E-state index < -0.39 is 17.9 Å². The van der Waals surface area contributed by atoms with Crippen LogP contribution >= 0.6 is 23.4 Å². The first-order valence-corrected chi connectivity index (χ1v) is 12.5. The molecule has 0 radical (unpaired) electrons. The number of nitrogens with one attached hydrogen (secondary N) is 1. The lowest BCUT2D eigenvalue weighted by Crippen LogP contribution is -2.52. The summed E-state index contributed by atoms with van der Waals surface area (Å²) in [6.07, 6.45) is 3.45. The summed E-state index contributed by atoms with van der Waals surface area (Å²) in [6, 6.07) is 12.4. The van der Waals surface area contributed by atoms with Crippen LogP contribution in [-0.4, -0.2) is 34.4 Å². The van der Waals surface area contributed by atoms with Crippen molar-refractivity contribution < 1.29 is 19.2 Å². The van der Waals surface area contributed by atoms with E-state index >= 15 is 0 Å². The molecule has 1 atom stereocenters. The van der Waals surface area contributed by atoms with Crippen molar-refractivity contribution in [3.8, 4) is 0 Å². The third-order valence-electron chi connectivity index (χ3n) is 6.01. The van der Waals surface area contributed by atoms with E-state index in [0.29, 0.717) is 42.8 Å². The summed E-state index contributed by atoms with van der Waals surface area (Å²) in [5.74, 6) is -1.22. The number of rotatable bonds is 8. The average Bonchev–Trinajstić information content (AvgIpc) is 3.08. The van der Waals surface area contributed by atoms with Crippen molar-refractivity contribution in [1.82, 2.24) is 10.2 Å². The smallest absolute Gasteiger partial charge is 0.268 e. The molecule has 6 nitrogen and oxygen atoms in total. The Labute approximate surface area is 213 Å². The number of amides is 3. The van der Waals surface area contributed by atoms with Crippen LogP contribution in [0.2, 0.25) is 5.02 Å². The van der Waals surface area contributed by atoms with Crippen LogP contribution < -0.4 is 5.32 Å². The van der Waals surface area contributed by atoms with E-state index in [-0.39, 0.29) is 16.6 Å². The van der Waals surface area contributed by atoms with Gasteiger partial charge in [-0.2, -0.15) is 0 Å². The van der Waals surface area contributed by atoms with E-state index in [2.05, 4.69) is 11.9 Å². The summed E-state index contributed by atoms with van der Waals surface area (Å²) < 4.78 is 0. The minimum absolute atomic E-state index is 0.117. The van der Waals surface area contributed by atoms with Gasteiger partial charge in [-0.1, -0.05) is 54.2 Å². The number of hydrogen-bond donors (Lipinski definition) is 1. The minimum Gasteiger partial charge on any atom is -0.329 e. The van der Waals surface area contributed by atoms with Crippen molar-refractivity contribution in [2.45, 2.75) is 50.0 Å². The van der Waals surface area contributed by atoms with Crippen molar-refractivity contribution in [2.24, 2.45) is 0 Å². The SMILES string of the molecule is C=C1CCC(N2C(=O)C=C(Sc3cccc(CCC(=O)Cc4ccc(C)c(Cl)c4)c3)C2=O)C(=O)N1. The lowest BCUT2D eigenvalue weighted by molar-refractivity contribution is -0.146. The molecular formula is C27H25ClN2O4S. The number of Topliss-reactive ketones (excluding diaryl/α,β-unsaturated/α-hetero) is 1.